The Kier molecular flexibility index (Phi) is 44.7. The minimum Gasteiger partial charge on any atom is -0.412 e. The summed E-state index contributed by atoms with van der Waals surface area (Å²) >= 11 is 0. The summed E-state index contributed by atoms with van der Waals surface area (Å²) in [6.07, 6.45) is 2.26. The van der Waals surface area contributed by atoms with Crippen molar-refractivity contribution in [2.45, 2.75) is 67.7 Å². The van der Waals surface area contributed by atoms with Gasteiger partial charge >= 0.3 is 0 Å². The first-order valence-corrected chi connectivity index (χ1v) is 9.22. The molecule has 0 radical (unpaired) electrons. The monoisotopic (exact) mass is 531 g/mol. The Morgan fingerprint density at radius 3 is 1.88 bits per heavy atom. The van der Waals surface area contributed by atoms with Crippen molar-refractivity contribution < 1.29 is 35.4 Å². The first-order valence-electron chi connectivity index (χ1n) is 9.22. The number of nitrogens with one attached hydrogen (secondary N) is 1. The maximum Gasteiger partial charge on any atom is 0.221 e. The van der Waals surface area contributed by atoms with Gasteiger partial charge < -0.3 is 21.9 Å². The van der Waals surface area contributed by atoms with E-state index in [4.69, 9.17) is 4.74 Å². The number of rotatable bonds is 8. The van der Waals surface area contributed by atoms with E-state index in [1.807, 2.05) is 34.6 Å². The van der Waals surface area contributed by atoms with Gasteiger partial charge in [-0.05, 0) is 5.92 Å². The second-order valence-corrected chi connectivity index (χ2v) is 4.82. The minimum atomic E-state index is 0. The molecule has 0 aromatic rings. The molecule has 0 rings (SSSR count). The van der Waals surface area contributed by atoms with E-state index in [9.17, 15) is 9.59 Å². The normalized spacial score (nSPS) is 9.36. The second kappa shape index (κ2) is 31.4. The summed E-state index contributed by atoms with van der Waals surface area (Å²) in [6.45, 7) is 19.1. The van der Waals surface area contributed by atoms with E-state index in [0.717, 1.165) is 6.42 Å². The molecule has 0 fully saturated rings. The van der Waals surface area contributed by atoms with Crippen LogP contribution in [0.2, 0.25) is 0 Å². The third kappa shape index (κ3) is 35.5. The summed E-state index contributed by atoms with van der Waals surface area (Å²) in [7, 11) is 3.51. The van der Waals surface area contributed by atoms with Crippen molar-refractivity contribution in [1.29, 1.82) is 0 Å². The SMILES string of the molecule is CC.CC.CCC(=O)N(C)C.[CH2-]COCCNC(=O)CC(C)CC.[W]. The molecule has 0 saturated carbocycles. The Balaban J connectivity index is -0.0000000947. The van der Waals surface area contributed by atoms with Crippen molar-refractivity contribution in [2.75, 3.05) is 33.9 Å². The molecule has 0 aliphatic carbocycles. The van der Waals surface area contributed by atoms with Gasteiger partial charge in [0, 0.05) is 54.5 Å². The zero-order valence-electron chi connectivity index (χ0n) is 18.1. The number of hydrogen-bond donors (Lipinski definition) is 1. The van der Waals surface area contributed by atoms with Crippen LogP contribution in [0.3, 0.4) is 0 Å². The first kappa shape index (κ1) is 35.7. The zero-order chi connectivity index (χ0) is 20.0. The molecule has 0 spiro atoms. The van der Waals surface area contributed by atoms with Crippen LogP contribution < -0.4 is 5.32 Å². The summed E-state index contributed by atoms with van der Waals surface area (Å²) in [5.41, 5.74) is 0. The minimum absolute atomic E-state index is 0. The maximum absolute atomic E-state index is 11.2. The van der Waals surface area contributed by atoms with Crippen LogP contribution in [0.15, 0.2) is 0 Å². The smallest absolute Gasteiger partial charge is 0.221 e. The molecule has 0 saturated heterocycles. The van der Waals surface area contributed by atoms with Gasteiger partial charge in [-0.1, -0.05) is 61.5 Å². The first-order chi connectivity index (χ1) is 11.4. The van der Waals surface area contributed by atoms with Crippen molar-refractivity contribution in [1.82, 2.24) is 10.2 Å². The third-order valence-corrected chi connectivity index (χ3v) is 2.74. The van der Waals surface area contributed by atoms with E-state index in [1.165, 1.54) is 0 Å². The third-order valence-electron chi connectivity index (χ3n) is 2.74. The van der Waals surface area contributed by atoms with Crippen LogP contribution in [-0.2, 0) is 35.4 Å². The standard InChI is InChI=1S/C10H20NO2.C5H11NO.2C2H6.W/c1-4-9(3)8-10(12)11-6-7-13-5-2;1-4-5(7)6(2)3;2*1-2;/h9H,2,4-8H2,1,3H3,(H,11,12);4H2,1-3H3;2*1-2H3;/q-1;;;;. The van der Waals surface area contributed by atoms with Crippen molar-refractivity contribution in [2.24, 2.45) is 5.92 Å². The average molecular weight is 531 g/mol. The molecule has 1 N–H and O–H groups in total. The molecule has 6 heteroatoms. The second-order valence-electron chi connectivity index (χ2n) is 4.82. The number of hydrogen-bond acceptors (Lipinski definition) is 3. The Bertz CT molecular complexity index is 263. The maximum atomic E-state index is 11.2. The average Bonchev–Trinajstić information content (AvgIpc) is 2.61. The molecule has 0 bridgehead atoms. The van der Waals surface area contributed by atoms with Crippen molar-refractivity contribution >= 4 is 11.8 Å². The molecule has 154 valence electrons. The number of carbonyl (C=O) groups excluding carboxylic acids is 2. The van der Waals surface area contributed by atoms with Crippen LogP contribution >= 0.6 is 0 Å². The number of carbonyl (C=O) groups is 2. The van der Waals surface area contributed by atoms with Gasteiger partial charge in [-0.25, -0.2) is 0 Å². The van der Waals surface area contributed by atoms with Crippen LogP contribution in [-0.4, -0.2) is 50.6 Å². The molecule has 1 unspecified atom stereocenters. The van der Waals surface area contributed by atoms with E-state index in [2.05, 4.69) is 26.1 Å². The van der Waals surface area contributed by atoms with Crippen LogP contribution in [0, 0.1) is 12.8 Å². The van der Waals surface area contributed by atoms with E-state index < -0.39 is 0 Å². The molecule has 0 aliphatic heterocycles. The number of nitrogens with zero attached hydrogens (tertiary/aromatic N) is 1. The molecule has 1 atom stereocenters. The molecule has 0 heterocycles. The Morgan fingerprint density at radius 1 is 1.12 bits per heavy atom. The summed E-state index contributed by atoms with van der Waals surface area (Å²) < 4.78 is 4.99. The largest absolute Gasteiger partial charge is 0.412 e. The van der Waals surface area contributed by atoms with Gasteiger partial charge in [-0.15, -0.1) is 0 Å². The topological polar surface area (TPSA) is 58.6 Å². The van der Waals surface area contributed by atoms with E-state index in [0.29, 0.717) is 38.5 Å². The summed E-state index contributed by atoms with van der Waals surface area (Å²) in [6, 6.07) is 0. The van der Waals surface area contributed by atoms with Gasteiger partial charge in [0.1, 0.15) is 0 Å². The van der Waals surface area contributed by atoms with Gasteiger partial charge in [0.05, 0.1) is 6.61 Å². The molecular formula is C19H43N2O3W-. The van der Waals surface area contributed by atoms with Gasteiger partial charge in [0.25, 0.3) is 0 Å². The van der Waals surface area contributed by atoms with Crippen LogP contribution in [0.4, 0.5) is 0 Å². The Labute approximate surface area is 171 Å². The van der Waals surface area contributed by atoms with Gasteiger partial charge in [0.2, 0.25) is 11.8 Å². The molecule has 0 aromatic carbocycles. The number of amides is 2. The number of ether oxygens (including phenoxy) is 1. The van der Waals surface area contributed by atoms with Crippen molar-refractivity contribution in [3.05, 3.63) is 6.92 Å². The Morgan fingerprint density at radius 2 is 1.60 bits per heavy atom. The van der Waals surface area contributed by atoms with Crippen molar-refractivity contribution in [3.63, 3.8) is 0 Å². The summed E-state index contributed by atoms with van der Waals surface area (Å²) in [4.78, 5) is 23.2. The van der Waals surface area contributed by atoms with Crippen LogP contribution in [0.25, 0.3) is 0 Å². The molecule has 2 amide bonds. The molecule has 25 heavy (non-hydrogen) atoms. The van der Waals surface area contributed by atoms with Crippen LogP contribution in [0.1, 0.15) is 67.7 Å². The fraction of sp³-hybridized carbons (Fsp3) is 0.842. The quantitative estimate of drug-likeness (QED) is 0.382. The predicted molar refractivity (Wildman–Crippen MR) is 105 cm³/mol. The zero-order valence-corrected chi connectivity index (χ0v) is 21.0. The predicted octanol–water partition coefficient (Wildman–Crippen LogP) is 3.92. The van der Waals surface area contributed by atoms with E-state index >= 15 is 0 Å². The molecule has 0 aliphatic rings. The van der Waals surface area contributed by atoms with Gasteiger partial charge in [0.15, 0.2) is 0 Å². The van der Waals surface area contributed by atoms with Crippen LogP contribution in [0.5, 0.6) is 0 Å². The van der Waals surface area contributed by atoms with Gasteiger partial charge in [-0.2, -0.15) is 0 Å². The molecule has 0 aromatic heterocycles. The summed E-state index contributed by atoms with van der Waals surface area (Å²) in [5.74, 6) is 0.760. The fourth-order valence-electron chi connectivity index (χ4n) is 1.21. The molecular weight excluding hydrogens is 488 g/mol. The van der Waals surface area contributed by atoms with Crippen molar-refractivity contribution in [3.8, 4) is 0 Å². The summed E-state index contributed by atoms with van der Waals surface area (Å²) in [5, 5.41) is 2.79. The van der Waals surface area contributed by atoms with E-state index in [1.54, 1.807) is 19.0 Å². The van der Waals surface area contributed by atoms with Gasteiger partial charge in [-0.3, -0.25) is 9.59 Å². The fourth-order valence-corrected chi connectivity index (χ4v) is 1.21. The van der Waals surface area contributed by atoms with E-state index in [-0.39, 0.29) is 32.9 Å². The molecule has 5 nitrogen and oxygen atoms in total. The Hall–Kier alpha value is -0.412.